The van der Waals surface area contributed by atoms with Gasteiger partial charge in [0.1, 0.15) is 17.6 Å². The summed E-state index contributed by atoms with van der Waals surface area (Å²) >= 11 is 1.59. The first-order valence-electron chi connectivity index (χ1n) is 16.2. The van der Waals surface area contributed by atoms with Crippen molar-refractivity contribution < 1.29 is 28.8 Å². The lowest BCUT2D eigenvalue weighted by Gasteiger charge is -2.35. The van der Waals surface area contributed by atoms with Gasteiger partial charge in [-0.2, -0.15) is 0 Å². The van der Waals surface area contributed by atoms with Gasteiger partial charge in [0, 0.05) is 45.2 Å². The molecule has 2 aliphatic rings. The van der Waals surface area contributed by atoms with Crippen LogP contribution in [0.15, 0.2) is 40.4 Å². The Morgan fingerprint density at radius 2 is 1.77 bits per heavy atom. The van der Waals surface area contributed by atoms with Gasteiger partial charge < -0.3 is 34.4 Å². The highest BCUT2D eigenvalue weighted by atomic mass is 32.1. The minimum Gasteiger partial charge on any atom is -0.444 e. The van der Waals surface area contributed by atoms with Crippen LogP contribution in [0.4, 0.5) is 10.6 Å². The number of nitrogens with one attached hydrogen (secondary N) is 1. The zero-order chi connectivity index (χ0) is 34.0. The summed E-state index contributed by atoms with van der Waals surface area (Å²) in [6.07, 6.45) is -1.00. The van der Waals surface area contributed by atoms with Crippen molar-refractivity contribution in [1.82, 2.24) is 25.3 Å². The van der Waals surface area contributed by atoms with Crippen LogP contribution < -0.4 is 10.2 Å². The monoisotopic (exact) mass is 666 g/mol. The van der Waals surface area contributed by atoms with E-state index in [4.69, 9.17) is 9.26 Å². The molecule has 12 nitrogen and oxygen atoms in total. The van der Waals surface area contributed by atoms with Crippen LogP contribution in [0.2, 0.25) is 0 Å². The molecule has 5 rings (SSSR count). The van der Waals surface area contributed by atoms with E-state index in [1.807, 2.05) is 83.1 Å². The van der Waals surface area contributed by atoms with Crippen LogP contribution in [0.1, 0.15) is 76.9 Å². The van der Waals surface area contributed by atoms with Crippen molar-refractivity contribution in [1.29, 1.82) is 0 Å². The predicted octanol–water partition coefficient (Wildman–Crippen LogP) is 4.74. The van der Waals surface area contributed by atoms with Crippen molar-refractivity contribution in [3.63, 3.8) is 0 Å². The van der Waals surface area contributed by atoms with E-state index < -0.39 is 23.7 Å². The number of carbonyl (C=O) groups is 3. The summed E-state index contributed by atoms with van der Waals surface area (Å²) in [5.74, 6) is -0.462. The number of rotatable bonds is 8. The molecule has 47 heavy (non-hydrogen) atoms. The number of aliphatic hydroxyl groups is 1. The Bertz CT molecular complexity index is 1560. The molecule has 0 saturated carbocycles. The summed E-state index contributed by atoms with van der Waals surface area (Å²) < 4.78 is 11.2. The van der Waals surface area contributed by atoms with E-state index in [1.54, 1.807) is 22.3 Å². The van der Waals surface area contributed by atoms with Crippen molar-refractivity contribution in [2.45, 2.75) is 84.6 Å². The Kier molecular flexibility index (Phi) is 10.3. The minimum atomic E-state index is -0.816. The maximum absolute atomic E-state index is 14.1. The number of nitrogens with zero attached hydrogens (tertiary/aromatic N) is 5. The number of aliphatic hydroxyl groups excluding tert-OH is 1. The van der Waals surface area contributed by atoms with Crippen LogP contribution in [0.5, 0.6) is 0 Å². The van der Waals surface area contributed by atoms with E-state index in [0.29, 0.717) is 37.8 Å². The third kappa shape index (κ3) is 7.95. The summed E-state index contributed by atoms with van der Waals surface area (Å²) in [4.78, 5) is 50.7. The normalized spacial score (nSPS) is 20.0. The van der Waals surface area contributed by atoms with Crippen molar-refractivity contribution in [2.75, 3.05) is 37.6 Å². The maximum Gasteiger partial charge on any atom is 0.410 e. The number of ether oxygens (including phenoxy) is 1. The summed E-state index contributed by atoms with van der Waals surface area (Å²) in [6, 6.07) is 8.67. The van der Waals surface area contributed by atoms with Gasteiger partial charge in [-0.3, -0.25) is 9.59 Å². The van der Waals surface area contributed by atoms with Gasteiger partial charge in [0.15, 0.2) is 11.6 Å². The summed E-state index contributed by atoms with van der Waals surface area (Å²) in [5.41, 5.74) is 4.24. The molecule has 1 unspecified atom stereocenters. The molecule has 0 aliphatic carbocycles. The number of piperazine rings is 1. The highest BCUT2D eigenvalue weighted by Crippen LogP contribution is 2.33. The van der Waals surface area contributed by atoms with E-state index >= 15 is 0 Å². The zero-order valence-corrected chi connectivity index (χ0v) is 29.0. The second-order valence-electron chi connectivity index (χ2n) is 13.8. The average molecular weight is 667 g/mol. The smallest absolute Gasteiger partial charge is 0.410 e. The third-order valence-electron chi connectivity index (χ3n) is 8.65. The van der Waals surface area contributed by atoms with Crippen LogP contribution in [0.25, 0.3) is 10.4 Å². The number of likely N-dealkylation sites (tertiary alicyclic amines) is 1. The standard InChI is InChI=1S/C34H46N6O6S/c1-20(2)29(27-17-28(37-46-27)38-12-14-39(15-13-38)33(44)45-34(5,6)7)32(43)40-18-25(41)16-26(40)31(42)36-21(3)23-8-10-24(11-9-23)30-22(4)35-19-47-30/h8-11,17,19-21,25-26,29,41H,12-16,18H2,1-7H3,(H,36,42)/t21-,25-,26+,29?/m1/s1. The van der Waals surface area contributed by atoms with E-state index in [0.717, 1.165) is 21.7 Å². The van der Waals surface area contributed by atoms with Gasteiger partial charge in [0.2, 0.25) is 11.8 Å². The number of hydrogen-bond acceptors (Lipinski definition) is 10. The zero-order valence-electron chi connectivity index (χ0n) is 28.2. The second-order valence-corrected chi connectivity index (χ2v) is 14.6. The molecule has 2 saturated heterocycles. The lowest BCUT2D eigenvalue weighted by molar-refractivity contribution is -0.141. The Hall–Kier alpha value is -3.97. The topological polar surface area (TPSA) is 141 Å². The second kappa shape index (κ2) is 14.0. The quantitative estimate of drug-likeness (QED) is 0.349. The molecule has 0 bridgehead atoms. The molecule has 4 atom stereocenters. The van der Waals surface area contributed by atoms with Gasteiger partial charge >= 0.3 is 6.09 Å². The van der Waals surface area contributed by atoms with Crippen molar-refractivity contribution in [3.05, 3.63) is 52.9 Å². The van der Waals surface area contributed by atoms with Gasteiger partial charge in [-0.1, -0.05) is 43.3 Å². The number of carbonyl (C=O) groups excluding carboxylic acids is 3. The summed E-state index contributed by atoms with van der Waals surface area (Å²) in [7, 11) is 0. The Balaban J connectivity index is 1.23. The number of thiazole rings is 1. The maximum atomic E-state index is 14.1. The minimum absolute atomic E-state index is 0.0606. The lowest BCUT2D eigenvalue weighted by atomic mass is 9.91. The van der Waals surface area contributed by atoms with Crippen LogP contribution in [-0.2, 0) is 14.3 Å². The van der Waals surface area contributed by atoms with Gasteiger partial charge in [0.25, 0.3) is 0 Å². The number of aryl methyl sites for hydroxylation is 1. The third-order valence-corrected chi connectivity index (χ3v) is 9.63. The van der Waals surface area contributed by atoms with E-state index in [9.17, 15) is 19.5 Å². The van der Waals surface area contributed by atoms with E-state index in [-0.39, 0.29) is 42.8 Å². The van der Waals surface area contributed by atoms with Gasteiger partial charge in [-0.25, -0.2) is 9.78 Å². The molecule has 4 heterocycles. The number of aromatic nitrogens is 2. The highest BCUT2D eigenvalue weighted by molar-refractivity contribution is 7.13. The molecule has 1 aromatic carbocycles. The molecule has 13 heteroatoms. The van der Waals surface area contributed by atoms with E-state index in [2.05, 4.69) is 15.5 Å². The van der Waals surface area contributed by atoms with Crippen molar-refractivity contribution >= 4 is 35.1 Å². The Labute approximate surface area is 280 Å². The van der Waals surface area contributed by atoms with Crippen LogP contribution in [-0.4, -0.2) is 93.4 Å². The summed E-state index contributed by atoms with van der Waals surface area (Å²) in [6.45, 7) is 15.3. The largest absolute Gasteiger partial charge is 0.444 e. The van der Waals surface area contributed by atoms with Crippen molar-refractivity contribution in [3.8, 4) is 10.4 Å². The van der Waals surface area contributed by atoms with Crippen LogP contribution >= 0.6 is 11.3 Å². The van der Waals surface area contributed by atoms with E-state index in [1.165, 1.54) is 4.90 Å². The SMILES string of the molecule is Cc1ncsc1-c1ccc([C@@H](C)NC(=O)[C@@H]2C[C@@H](O)CN2C(=O)C(c2cc(N3CCN(C(=O)OC(C)(C)C)CC3)no2)C(C)C)cc1. The fraction of sp³-hybridized carbons (Fsp3) is 0.559. The molecule has 0 spiro atoms. The van der Waals surface area contributed by atoms with Crippen molar-refractivity contribution in [2.24, 2.45) is 5.92 Å². The molecule has 254 valence electrons. The van der Waals surface area contributed by atoms with Gasteiger partial charge in [0.05, 0.1) is 28.2 Å². The number of amides is 3. The van der Waals surface area contributed by atoms with Gasteiger partial charge in [-0.05, 0) is 51.7 Å². The molecule has 3 aromatic rings. The first-order valence-corrected chi connectivity index (χ1v) is 17.1. The lowest BCUT2D eigenvalue weighted by Crippen LogP contribution is -2.50. The molecule has 2 aliphatic heterocycles. The number of hydrogen-bond donors (Lipinski definition) is 2. The van der Waals surface area contributed by atoms with Crippen LogP contribution in [0, 0.1) is 12.8 Å². The molecule has 2 aromatic heterocycles. The number of β-amino-alcohol motifs (C(OH)–C–C–N with tert-alkyl or cyclic N) is 1. The molecular weight excluding hydrogens is 620 g/mol. The molecule has 2 N–H and O–H groups in total. The summed E-state index contributed by atoms with van der Waals surface area (Å²) in [5, 5.41) is 17.9. The first-order chi connectivity index (χ1) is 22.2. The van der Waals surface area contributed by atoms with Gasteiger partial charge in [-0.15, -0.1) is 11.3 Å². The first kappa shape index (κ1) is 34.4. The fourth-order valence-electron chi connectivity index (χ4n) is 6.13. The van der Waals surface area contributed by atoms with Crippen LogP contribution in [0.3, 0.4) is 0 Å². The predicted molar refractivity (Wildman–Crippen MR) is 179 cm³/mol. The molecule has 0 radical (unpaired) electrons. The Morgan fingerprint density at radius 1 is 1.09 bits per heavy atom. The number of anilines is 1. The molecule has 3 amide bonds. The molecule has 2 fully saturated rings. The average Bonchev–Trinajstić information content (AvgIpc) is 3.76. The highest BCUT2D eigenvalue weighted by Gasteiger charge is 2.43. The molecular formula is C34H46N6O6S. The Morgan fingerprint density at radius 3 is 2.36 bits per heavy atom. The number of benzene rings is 1. The fourth-order valence-corrected chi connectivity index (χ4v) is 6.95.